The lowest BCUT2D eigenvalue weighted by Crippen LogP contribution is -1.88. The summed E-state index contributed by atoms with van der Waals surface area (Å²) in [5, 5.41) is 20.3. The number of benzene rings is 3. The van der Waals surface area contributed by atoms with Crippen LogP contribution in [0.5, 0.6) is 11.5 Å². The van der Waals surface area contributed by atoms with Gasteiger partial charge < -0.3 is 10.2 Å². The topological polar surface area (TPSA) is 65.2 Å². The molecular weight excluding hydrogens is 300 g/mol. The Morgan fingerprint density at radius 2 is 0.958 bits per heavy atom. The summed E-state index contributed by atoms with van der Waals surface area (Å²) in [5.41, 5.74) is 2.42. The Hall–Kier alpha value is -3.40. The van der Waals surface area contributed by atoms with Gasteiger partial charge in [0, 0.05) is 23.6 Å². The molecule has 4 heteroatoms. The highest BCUT2D eigenvalue weighted by Crippen LogP contribution is 2.26. The summed E-state index contributed by atoms with van der Waals surface area (Å²) in [5.74, 6) is 0.0592. The van der Waals surface area contributed by atoms with Crippen LogP contribution >= 0.6 is 0 Å². The van der Waals surface area contributed by atoms with Crippen LogP contribution in [0.4, 0.5) is 11.4 Å². The first kappa shape index (κ1) is 15.5. The maximum atomic E-state index is 10.1. The molecule has 0 amide bonds. The van der Waals surface area contributed by atoms with E-state index in [1.807, 2.05) is 60.7 Å². The minimum atomic E-state index is 0.0296. The lowest BCUT2D eigenvalue weighted by molar-refractivity contribution is 0.459. The van der Waals surface area contributed by atoms with Gasteiger partial charge in [-0.1, -0.05) is 36.4 Å². The van der Waals surface area contributed by atoms with Crippen LogP contribution in [0, 0.1) is 0 Å². The molecule has 24 heavy (non-hydrogen) atoms. The summed E-state index contributed by atoms with van der Waals surface area (Å²) in [4.78, 5) is 8.54. The van der Waals surface area contributed by atoms with Gasteiger partial charge in [0.2, 0.25) is 0 Å². The van der Waals surface area contributed by atoms with Gasteiger partial charge in [0.25, 0.3) is 0 Å². The van der Waals surface area contributed by atoms with Crippen molar-refractivity contribution < 1.29 is 10.2 Å². The molecule has 3 aromatic rings. The third-order valence-corrected chi connectivity index (χ3v) is 3.39. The minimum Gasteiger partial charge on any atom is -0.507 e. The molecule has 0 aliphatic rings. The van der Waals surface area contributed by atoms with Crippen LogP contribution in [0.3, 0.4) is 0 Å². The maximum Gasteiger partial charge on any atom is 0.125 e. The summed E-state index contributed by atoms with van der Waals surface area (Å²) < 4.78 is 0. The molecule has 0 bridgehead atoms. The van der Waals surface area contributed by atoms with Crippen LogP contribution in [-0.2, 0) is 0 Å². The number of hydrogen-bond acceptors (Lipinski definition) is 4. The number of hydrogen-bond donors (Lipinski definition) is 2. The van der Waals surface area contributed by atoms with E-state index in [9.17, 15) is 10.2 Å². The molecule has 3 aromatic carbocycles. The van der Waals surface area contributed by atoms with Gasteiger partial charge in [0.05, 0.1) is 11.4 Å². The monoisotopic (exact) mass is 316 g/mol. The third-order valence-electron chi connectivity index (χ3n) is 3.39. The highest BCUT2D eigenvalue weighted by Gasteiger charge is 2.06. The molecule has 0 aliphatic heterocycles. The van der Waals surface area contributed by atoms with Crippen molar-refractivity contribution in [1.82, 2.24) is 0 Å². The van der Waals surface area contributed by atoms with E-state index in [1.54, 1.807) is 0 Å². The Morgan fingerprint density at radius 3 is 1.33 bits per heavy atom. The van der Waals surface area contributed by atoms with Crippen molar-refractivity contribution in [3.63, 3.8) is 0 Å². The molecule has 0 saturated heterocycles. The molecule has 0 spiro atoms. The van der Waals surface area contributed by atoms with Gasteiger partial charge in [-0.3, -0.25) is 9.98 Å². The zero-order valence-electron chi connectivity index (χ0n) is 12.9. The fraction of sp³-hybridized carbons (Fsp3) is 0. The first-order chi connectivity index (χ1) is 11.7. The Bertz CT molecular complexity index is 798. The number of para-hydroxylation sites is 2. The van der Waals surface area contributed by atoms with Crippen LogP contribution in [0.1, 0.15) is 11.1 Å². The van der Waals surface area contributed by atoms with Gasteiger partial charge in [-0.05, 0) is 36.4 Å². The second kappa shape index (κ2) is 7.24. The molecule has 118 valence electrons. The quantitative estimate of drug-likeness (QED) is 0.546. The predicted molar refractivity (Wildman–Crippen MR) is 97.2 cm³/mol. The van der Waals surface area contributed by atoms with E-state index in [-0.39, 0.29) is 11.5 Å². The van der Waals surface area contributed by atoms with Crippen molar-refractivity contribution in [2.75, 3.05) is 0 Å². The summed E-state index contributed by atoms with van der Waals surface area (Å²) in [6, 6.07) is 21.7. The van der Waals surface area contributed by atoms with Gasteiger partial charge in [0.1, 0.15) is 11.5 Å². The van der Waals surface area contributed by atoms with Crippen LogP contribution < -0.4 is 0 Å². The summed E-state index contributed by atoms with van der Waals surface area (Å²) in [7, 11) is 0. The molecule has 0 radical (unpaired) electrons. The second-order valence-corrected chi connectivity index (χ2v) is 5.16. The predicted octanol–water partition coefficient (Wildman–Crippen LogP) is 4.60. The average molecular weight is 316 g/mol. The highest BCUT2D eigenvalue weighted by atomic mass is 16.3. The Balaban J connectivity index is 1.83. The number of nitrogens with zero attached hydrogens (tertiary/aromatic N) is 2. The zero-order chi connectivity index (χ0) is 16.8. The first-order valence-corrected chi connectivity index (χ1v) is 7.46. The lowest BCUT2D eigenvalue weighted by Gasteiger charge is -2.04. The second-order valence-electron chi connectivity index (χ2n) is 5.16. The highest BCUT2D eigenvalue weighted by molar-refractivity contribution is 5.91. The van der Waals surface area contributed by atoms with E-state index in [2.05, 4.69) is 9.98 Å². The molecule has 4 nitrogen and oxygen atoms in total. The molecule has 3 rings (SSSR count). The van der Waals surface area contributed by atoms with Crippen molar-refractivity contribution in [2.45, 2.75) is 0 Å². The van der Waals surface area contributed by atoms with Gasteiger partial charge in [-0.25, -0.2) is 0 Å². The van der Waals surface area contributed by atoms with Crippen molar-refractivity contribution >= 4 is 23.8 Å². The number of aliphatic imine (C=N–C) groups is 2. The van der Waals surface area contributed by atoms with Gasteiger partial charge in [0.15, 0.2) is 0 Å². The van der Waals surface area contributed by atoms with Crippen molar-refractivity contribution in [1.29, 1.82) is 0 Å². The summed E-state index contributed by atoms with van der Waals surface area (Å²) in [6.45, 7) is 0. The lowest BCUT2D eigenvalue weighted by atomic mass is 10.1. The Morgan fingerprint density at radius 1 is 0.583 bits per heavy atom. The smallest absolute Gasteiger partial charge is 0.125 e. The van der Waals surface area contributed by atoms with E-state index < -0.39 is 0 Å². The average Bonchev–Trinajstić information content (AvgIpc) is 2.62. The molecule has 0 atom stereocenters. The van der Waals surface area contributed by atoms with E-state index >= 15 is 0 Å². The normalized spacial score (nSPS) is 11.3. The largest absolute Gasteiger partial charge is 0.507 e. The fourth-order valence-corrected chi connectivity index (χ4v) is 2.13. The fourth-order valence-electron chi connectivity index (χ4n) is 2.13. The first-order valence-electron chi connectivity index (χ1n) is 7.46. The van der Waals surface area contributed by atoms with Gasteiger partial charge in [-0.2, -0.15) is 0 Å². The van der Waals surface area contributed by atoms with Gasteiger partial charge >= 0.3 is 0 Å². The number of phenols is 2. The minimum absolute atomic E-state index is 0.0296. The number of rotatable bonds is 4. The summed E-state index contributed by atoms with van der Waals surface area (Å²) in [6.07, 6.45) is 3.03. The number of phenolic OH excluding ortho intramolecular Hbond substituents is 2. The van der Waals surface area contributed by atoms with Crippen LogP contribution in [0.2, 0.25) is 0 Å². The molecule has 0 fully saturated rings. The molecule has 0 unspecified atom stereocenters. The molecule has 0 aromatic heterocycles. The number of aromatic hydroxyl groups is 2. The molecule has 0 heterocycles. The van der Waals surface area contributed by atoms with Crippen LogP contribution in [0.15, 0.2) is 82.8 Å². The third kappa shape index (κ3) is 3.87. The van der Waals surface area contributed by atoms with Crippen LogP contribution in [-0.4, -0.2) is 22.6 Å². The SMILES string of the molecule is Oc1cc(/C=N/c2ccccc2)c(O)cc1/C=N/c1ccccc1. The Kier molecular flexibility index (Phi) is 4.68. The van der Waals surface area contributed by atoms with E-state index in [4.69, 9.17) is 0 Å². The molecule has 0 saturated carbocycles. The van der Waals surface area contributed by atoms with Gasteiger partial charge in [-0.15, -0.1) is 0 Å². The molecular formula is C20H16N2O2. The summed E-state index contributed by atoms with van der Waals surface area (Å²) >= 11 is 0. The maximum absolute atomic E-state index is 10.1. The van der Waals surface area contributed by atoms with Crippen LogP contribution in [0.25, 0.3) is 0 Å². The van der Waals surface area contributed by atoms with E-state index in [1.165, 1.54) is 24.6 Å². The molecule has 2 N–H and O–H groups in total. The van der Waals surface area contributed by atoms with E-state index in [0.717, 1.165) is 11.4 Å². The van der Waals surface area contributed by atoms with E-state index in [0.29, 0.717) is 11.1 Å². The van der Waals surface area contributed by atoms with Crippen molar-refractivity contribution in [3.05, 3.63) is 83.9 Å². The standard InChI is InChI=1S/C20H16N2O2/c23-19-12-16(14-22-18-9-5-2-6-10-18)20(24)11-15(19)13-21-17-7-3-1-4-8-17/h1-14,23-24H/b21-13+,22-14+. The zero-order valence-corrected chi connectivity index (χ0v) is 12.9. The van der Waals surface area contributed by atoms with Crippen molar-refractivity contribution in [2.24, 2.45) is 9.98 Å². The molecule has 0 aliphatic carbocycles. The van der Waals surface area contributed by atoms with Crippen molar-refractivity contribution in [3.8, 4) is 11.5 Å². The Labute approximate surface area is 140 Å².